The molecule has 0 spiro atoms. The molecular weight excluding hydrogens is 222 g/mol. The van der Waals surface area contributed by atoms with Crippen LogP contribution >= 0.6 is 11.3 Å². The topological polar surface area (TPSA) is 55.6 Å². The lowest BCUT2D eigenvalue weighted by Crippen LogP contribution is -2.21. The van der Waals surface area contributed by atoms with Gasteiger partial charge in [0.15, 0.2) is 0 Å². The normalized spacial score (nSPS) is 12.9. The van der Waals surface area contributed by atoms with Gasteiger partial charge in [0, 0.05) is 37.6 Å². The minimum Gasteiger partial charge on any atom is -0.310 e. The number of nitrogens with zero attached hydrogens (tertiary/aromatic N) is 4. The standard InChI is InChI=1S/C10H15N5S/c1-8(10-12-3-4-16-10)5-11-6-9-7-13-14-15(9)2/h3-4,7-8,11H,5-6H2,1-2H3. The van der Waals surface area contributed by atoms with E-state index in [4.69, 9.17) is 0 Å². The summed E-state index contributed by atoms with van der Waals surface area (Å²) < 4.78 is 1.78. The van der Waals surface area contributed by atoms with Gasteiger partial charge in [-0.3, -0.25) is 4.68 Å². The van der Waals surface area contributed by atoms with Crippen molar-refractivity contribution in [1.29, 1.82) is 0 Å². The first-order chi connectivity index (χ1) is 7.77. The van der Waals surface area contributed by atoms with Crippen molar-refractivity contribution >= 4 is 11.3 Å². The highest BCUT2D eigenvalue weighted by atomic mass is 32.1. The van der Waals surface area contributed by atoms with Gasteiger partial charge in [-0.1, -0.05) is 12.1 Å². The minimum absolute atomic E-state index is 0.446. The fourth-order valence-electron chi connectivity index (χ4n) is 1.45. The number of hydrogen-bond donors (Lipinski definition) is 1. The van der Waals surface area contributed by atoms with Crippen molar-refractivity contribution in [2.24, 2.45) is 7.05 Å². The third kappa shape index (κ3) is 2.65. The Balaban J connectivity index is 1.78. The van der Waals surface area contributed by atoms with Crippen LogP contribution < -0.4 is 5.32 Å². The zero-order valence-electron chi connectivity index (χ0n) is 9.42. The summed E-state index contributed by atoms with van der Waals surface area (Å²) in [4.78, 5) is 4.30. The second-order valence-corrected chi connectivity index (χ2v) is 4.68. The van der Waals surface area contributed by atoms with Gasteiger partial charge in [-0.2, -0.15) is 0 Å². The smallest absolute Gasteiger partial charge is 0.0965 e. The molecule has 2 aromatic heterocycles. The number of aromatic nitrogens is 4. The van der Waals surface area contributed by atoms with Crippen molar-refractivity contribution in [2.75, 3.05) is 6.54 Å². The molecule has 16 heavy (non-hydrogen) atoms. The van der Waals surface area contributed by atoms with Crippen LogP contribution in [0.2, 0.25) is 0 Å². The van der Waals surface area contributed by atoms with Crippen molar-refractivity contribution in [2.45, 2.75) is 19.4 Å². The average molecular weight is 237 g/mol. The van der Waals surface area contributed by atoms with Gasteiger partial charge in [0.05, 0.1) is 16.9 Å². The van der Waals surface area contributed by atoms with Crippen LogP contribution in [-0.2, 0) is 13.6 Å². The Morgan fingerprint density at radius 1 is 1.56 bits per heavy atom. The quantitative estimate of drug-likeness (QED) is 0.848. The number of aryl methyl sites for hydroxylation is 1. The molecule has 1 unspecified atom stereocenters. The van der Waals surface area contributed by atoms with Crippen LogP contribution in [0.1, 0.15) is 23.5 Å². The molecule has 0 fully saturated rings. The lowest BCUT2D eigenvalue weighted by molar-refractivity contribution is 0.580. The highest BCUT2D eigenvalue weighted by Crippen LogP contribution is 2.16. The first-order valence-electron chi connectivity index (χ1n) is 5.21. The molecule has 6 heteroatoms. The van der Waals surface area contributed by atoms with Crippen molar-refractivity contribution in [3.63, 3.8) is 0 Å². The minimum atomic E-state index is 0.446. The second kappa shape index (κ2) is 5.18. The summed E-state index contributed by atoms with van der Waals surface area (Å²) >= 11 is 1.70. The zero-order valence-corrected chi connectivity index (χ0v) is 10.2. The van der Waals surface area contributed by atoms with E-state index in [1.807, 2.05) is 18.6 Å². The second-order valence-electron chi connectivity index (χ2n) is 3.75. The molecule has 2 aromatic rings. The Labute approximate surface area is 98.5 Å². The highest BCUT2D eigenvalue weighted by Gasteiger charge is 2.07. The summed E-state index contributed by atoms with van der Waals surface area (Å²) in [6, 6.07) is 0. The van der Waals surface area contributed by atoms with Crippen LogP contribution in [-0.4, -0.2) is 26.5 Å². The Kier molecular flexibility index (Phi) is 3.63. The highest BCUT2D eigenvalue weighted by molar-refractivity contribution is 7.09. The summed E-state index contributed by atoms with van der Waals surface area (Å²) in [6.07, 6.45) is 3.63. The van der Waals surface area contributed by atoms with Crippen LogP contribution in [0.3, 0.4) is 0 Å². The maximum absolute atomic E-state index is 4.30. The van der Waals surface area contributed by atoms with E-state index in [9.17, 15) is 0 Å². The number of nitrogens with one attached hydrogen (secondary N) is 1. The molecular formula is C10H15N5S. The maximum atomic E-state index is 4.30. The first kappa shape index (κ1) is 11.2. The van der Waals surface area contributed by atoms with Gasteiger partial charge in [-0.25, -0.2) is 4.98 Å². The van der Waals surface area contributed by atoms with Crippen LogP contribution in [0.4, 0.5) is 0 Å². The van der Waals surface area contributed by atoms with E-state index in [0.717, 1.165) is 18.8 Å². The predicted molar refractivity (Wildman–Crippen MR) is 63.2 cm³/mol. The van der Waals surface area contributed by atoms with E-state index in [0.29, 0.717) is 5.92 Å². The largest absolute Gasteiger partial charge is 0.310 e. The van der Waals surface area contributed by atoms with Crippen molar-refractivity contribution < 1.29 is 0 Å². The molecule has 0 bridgehead atoms. The summed E-state index contributed by atoms with van der Waals surface area (Å²) in [5.74, 6) is 0.446. The maximum Gasteiger partial charge on any atom is 0.0965 e. The molecule has 2 heterocycles. The molecule has 0 aliphatic carbocycles. The number of thiazole rings is 1. The van der Waals surface area contributed by atoms with Crippen molar-refractivity contribution in [3.8, 4) is 0 Å². The molecule has 1 N–H and O–H groups in total. The van der Waals surface area contributed by atoms with E-state index in [1.165, 1.54) is 5.01 Å². The molecule has 1 atom stereocenters. The Morgan fingerprint density at radius 2 is 2.44 bits per heavy atom. The van der Waals surface area contributed by atoms with Gasteiger partial charge in [-0.15, -0.1) is 16.4 Å². The SMILES string of the molecule is CC(CNCc1cnnn1C)c1nccs1. The van der Waals surface area contributed by atoms with Gasteiger partial charge < -0.3 is 5.32 Å². The van der Waals surface area contributed by atoms with Gasteiger partial charge in [0.25, 0.3) is 0 Å². The summed E-state index contributed by atoms with van der Waals surface area (Å²) in [5.41, 5.74) is 1.09. The van der Waals surface area contributed by atoms with Gasteiger partial charge in [-0.05, 0) is 0 Å². The molecule has 0 aromatic carbocycles. The third-order valence-corrected chi connectivity index (χ3v) is 3.44. The fourth-order valence-corrected chi connectivity index (χ4v) is 2.15. The Hall–Kier alpha value is -1.27. The van der Waals surface area contributed by atoms with Gasteiger partial charge in [0.1, 0.15) is 0 Å². The average Bonchev–Trinajstić information content (AvgIpc) is 2.90. The fraction of sp³-hybridized carbons (Fsp3) is 0.500. The first-order valence-corrected chi connectivity index (χ1v) is 6.09. The van der Waals surface area contributed by atoms with Gasteiger partial charge in [0.2, 0.25) is 0 Å². The summed E-state index contributed by atoms with van der Waals surface area (Å²) in [6.45, 7) is 3.88. The monoisotopic (exact) mass is 237 g/mol. The molecule has 0 aliphatic heterocycles. The molecule has 86 valence electrons. The molecule has 0 amide bonds. The number of hydrogen-bond acceptors (Lipinski definition) is 5. The Morgan fingerprint density at radius 3 is 3.06 bits per heavy atom. The van der Waals surface area contributed by atoms with Crippen molar-refractivity contribution in [1.82, 2.24) is 25.3 Å². The van der Waals surface area contributed by atoms with E-state index in [-0.39, 0.29) is 0 Å². The zero-order chi connectivity index (χ0) is 11.4. The van der Waals surface area contributed by atoms with Crippen LogP contribution in [0.15, 0.2) is 17.8 Å². The number of rotatable bonds is 5. The third-order valence-electron chi connectivity index (χ3n) is 2.44. The Bertz CT molecular complexity index is 422. The summed E-state index contributed by atoms with van der Waals surface area (Å²) in [5, 5.41) is 14.3. The lowest BCUT2D eigenvalue weighted by Gasteiger charge is -2.09. The van der Waals surface area contributed by atoms with Crippen molar-refractivity contribution in [3.05, 3.63) is 28.5 Å². The van der Waals surface area contributed by atoms with Crippen LogP contribution in [0.5, 0.6) is 0 Å². The van der Waals surface area contributed by atoms with Crippen LogP contribution in [0.25, 0.3) is 0 Å². The van der Waals surface area contributed by atoms with E-state index < -0.39 is 0 Å². The molecule has 0 aliphatic rings. The molecule has 5 nitrogen and oxygen atoms in total. The molecule has 0 saturated carbocycles. The molecule has 0 radical (unpaired) electrons. The molecule has 0 saturated heterocycles. The van der Waals surface area contributed by atoms with E-state index >= 15 is 0 Å². The van der Waals surface area contributed by atoms with Crippen LogP contribution in [0, 0.1) is 0 Å². The summed E-state index contributed by atoms with van der Waals surface area (Å²) in [7, 11) is 1.90. The predicted octanol–water partition coefficient (Wildman–Crippen LogP) is 1.16. The lowest BCUT2D eigenvalue weighted by atomic mass is 10.2. The van der Waals surface area contributed by atoms with E-state index in [1.54, 1.807) is 22.2 Å². The van der Waals surface area contributed by atoms with Gasteiger partial charge >= 0.3 is 0 Å². The van der Waals surface area contributed by atoms with E-state index in [2.05, 4.69) is 27.5 Å². The molecule has 2 rings (SSSR count).